The largest absolute Gasteiger partial charge is 0.337 e. The van der Waals surface area contributed by atoms with E-state index in [9.17, 15) is 13.6 Å². The van der Waals surface area contributed by atoms with Gasteiger partial charge in [-0.1, -0.05) is 0 Å². The Morgan fingerprint density at radius 3 is 2.67 bits per heavy atom. The summed E-state index contributed by atoms with van der Waals surface area (Å²) < 4.78 is 28.1. The highest BCUT2D eigenvalue weighted by Crippen LogP contribution is 2.21. The Kier molecular flexibility index (Phi) is 4.89. The lowest BCUT2D eigenvalue weighted by molar-refractivity contribution is -0.121. The van der Waals surface area contributed by atoms with Crippen LogP contribution >= 0.6 is 0 Å². The molecule has 1 aliphatic heterocycles. The van der Waals surface area contributed by atoms with Gasteiger partial charge in [0, 0.05) is 37.1 Å². The molecule has 128 valence electrons. The molecule has 1 amide bonds. The molecule has 0 unspecified atom stereocenters. The molecule has 0 bridgehead atoms. The number of benzene rings is 1. The van der Waals surface area contributed by atoms with Crippen molar-refractivity contribution in [3.05, 3.63) is 48.1 Å². The topological polar surface area (TPSA) is 50.2 Å². The van der Waals surface area contributed by atoms with Gasteiger partial charge in [-0.3, -0.25) is 9.69 Å². The third-order valence-electron chi connectivity index (χ3n) is 4.43. The van der Waals surface area contributed by atoms with Gasteiger partial charge >= 0.3 is 0 Å². The summed E-state index contributed by atoms with van der Waals surface area (Å²) >= 11 is 0. The minimum atomic E-state index is -0.960. The third-order valence-corrected chi connectivity index (χ3v) is 4.43. The zero-order chi connectivity index (χ0) is 17.1. The first-order valence-corrected chi connectivity index (χ1v) is 7.97. The van der Waals surface area contributed by atoms with Crippen LogP contribution < -0.4 is 5.32 Å². The molecule has 0 atom stereocenters. The first-order chi connectivity index (χ1) is 11.5. The highest BCUT2D eigenvalue weighted by molar-refractivity contribution is 5.92. The molecule has 7 heteroatoms. The number of piperidine rings is 1. The summed E-state index contributed by atoms with van der Waals surface area (Å²) in [5, 5.41) is 2.67. The van der Waals surface area contributed by atoms with Crippen LogP contribution in [0.5, 0.6) is 0 Å². The normalized spacial score (nSPS) is 16.3. The maximum absolute atomic E-state index is 13.2. The molecular formula is C17H20F2N4O. The first kappa shape index (κ1) is 16.6. The first-order valence-electron chi connectivity index (χ1n) is 7.97. The summed E-state index contributed by atoms with van der Waals surface area (Å²) in [7, 11) is 1.96. The lowest BCUT2D eigenvalue weighted by Gasteiger charge is -2.30. The zero-order valence-electron chi connectivity index (χ0n) is 13.5. The molecule has 0 aliphatic carbocycles. The fourth-order valence-electron chi connectivity index (χ4n) is 2.92. The van der Waals surface area contributed by atoms with Crippen LogP contribution in [0.2, 0.25) is 0 Å². The maximum Gasteiger partial charge on any atom is 0.227 e. The van der Waals surface area contributed by atoms with Gasteiger partial charge in [0.25, 0.3) is 0 Å². The number of hydrogen-bond donors (Lipinski definition) is 1. The van der Waals surface area contributed by atoms with Crippen molar-refractivity contribution in [2.24, 2.45) is 13.0 Å². The van der Waals surface area contributed by atoms with Crippen LogP contribution in [0.1, 0.15) is 18.7 Å². The van der Waals surface area contributed by atoms with Gasteiger partial charge in [0.05, 0.1) is 6.54 Å². The number of aryl methyl sites for hydroxylation is 1. The Hall–Kier alpha value is -2.28. The number of imidazole rings is 1. The third kappa shape index (κ3) is 3.79. The molecule has 3 rings (SSSR count). The monoisotopic (exact) mass is 334 g/mol. The standard InChI is InChI=1S/C17H20F2N4O/c1-22-9-6-20-16(22)11-23-7-4-12(5-8-23)17(24)21-13-2-3-14(18)15(19)10-13/h2-3,6,9-10,12H,4-5,7-8,11H2,1H3,(H,21,24). The number of halogens is 2. The van der Waals surface area contributed by atoms with Crippen molar-refractivity contribution in [3.63, 3.8) is 0 Å². The molecule has 1 aromatic heterocycles. The molecule has 5 nitrogen and oxygen atoms in total. The second-order valence-corrected chi connectivity index (χ2v) is 6.12. The van der Waals surface area contributed by atoms with Crippen LogP contribution in [-0.4, -0.2) is 33.4 Å². The number of amides is 1. The highest BCUT2D eigenvalue weighted by atomic mass is 19.2. The molecule has 1 N–H and O–H groups in total. The summed E-state index contributed by atoms with van der Waals surface area (Å²) in [6.45, 7) is 2.38. The molecule has 2 heterocycles. The van der Waals surface area contributed by atoms with Gasteiger partial charge in [-0.25, -0.2) is 13.8 Å². The number of carbonyl (C=O) groups excluding carboxylic acids is 1. The van der Waals surface area contributed by atoms with E-state index in [-0.39, 0.29) is 17.5 Å². The van der Waals surface area contributed by atoms with Gasteiger partial charge in [0.1, 0.15) is 5.82 Å². The van der Waals surface area contributed by atoms with Crippen molar-refractivity contribution in [2.45, 2.75) is 19.4 Å². The molecule has 1 saturated heterocycles. The zero-order valence-corrected chi connectivity index (χ0v) is 13.5. The molecular weight excluding hydrogens is 314 g/mol. The van der Waals surface area contributed by atoms with Gasteiger partial charge < -0.3 is 9.88 Å². The van der Waals surface area contributed by atoms with E-state index in [1.54, 1.807) is 6.20 Å². The molecule has 0 radical (unpaired) electrons. The molecule has 0 spiro atoms. The predicted octanol–water partition coefficient (Wildman–Crippen LogP) is 2.55. The Morgan fingerprint density at radius 2 is 2.04 bits per heavy atom. The van der Waals surface area contributed by atoms with E-state index in [0.717, 1.165) is 50.4 Å². The molecule has 1 aromatic carbocycles. The van der Waals surface area contributed by atoms with Crippen LogP contribution in [0, 0.1) is 17.6 Å². The molecule has 24 heavy (non-hydrogen) atoms. The van der Waals surface area contributed by atoms with E-state index in [4.69, 9.17) is 0 Å². The van der Waals surface area contributed by atoms with Crippen LogP contribution in [-0.2, 0) is 18.4 Å². The second kappa shape index (κ2) is 7.09. The lowest BCUT2D eigenvalue weighted by atomic mass is 9.96. The summed E-state index contributed by atoms with van der Waals surface area (Å²) in [6.07, 6.45) is 5.16. The smallest absolute Gasteiger partial charge is 0.227 e. The Balaban J connectivity index is 1.51. The van der Waals surface area contributed by atoms with E-state index in [0.29, 0.717) is 0 Å². The van der Waals surface area contributed by atoms with Crippen LogP contribution in [0.4, 0.5) is 14.5 Å². The number of likely N-dealkylation sites (tertiary alicyclic amines) is 1. The minimum absolute atomic E-state index is 0.115. The summed E-state index contributed by atoms with van der Waals surface area (Å²) in [6, 6.07) is 3.39. The number of anilines is 1. The van der Waals surface area contributed by atoms with E-state index < -0.39 is 11.6 Å². The number of nitrogens with one attached hydrogen (secondary N) is 1. The van der Waals surface area contributed by atoms with E-state index in [2.05, 4.69) is 15.2 Å². The fraction of sp³-hybridized carbons (Fsp3) is 0.412. The van der Waals surface area contributed by atoms with Crippen molar-refractivity contribution in [2.75, 3.05) is 18.4 Å². The van der Waals surface area contributed by atoms with Crippen molar-refractivity contribution in [1.82, 2.24) is 14.5 Å². The SMILES string of the molecule is Cn1ccnc1CN1CCC(C(=O)Nc2ccc(F)c(F)c2)CC1. The van der Waals surface area contributed by atoms with Gasteiger partial charge in [0.2, 0.25) is 5.91 Å². The predicted molar refractivity (Wildman–Crippen MR) is 86.2 cm³/mol. The van der Waals surface area contributed by atoms with Gasteiger partial charge in [0.15, 0.2) is 11.6 Å². The number of rotatable bonds is 4. The van der Waals surface area contributed by atoms with Gasteiger partial charge in [-0.15, -0.1) is 0 Å². The second-order valence-electron chi connectivity index (χ2n) is 6.12. The Bertz CT molecular complexity index is 723. The van der Waals surface area contributed by atoms with Crippen LogP contribution in [0.25, 0.3) is 0 Å². The lowest BCUT2D eigenvalue weighted by Crippen LogP contribution is -2.38. The van der Waals surface area contributed by atoms with Crippen molar-refractivity contribution >= 4 is 11.6 Å². The molecule has 1 fully saturated rings. The quantitative estimate of drug-likeness (QED) is 0.935. The number of nitrogens with zero attached hydrogens (tertiary/aromatic N) is 3. The Morgan fingerprint density at radius 1 is 1.29 bits per heavy atom. The van der Waals surface area contributed by atoms with Gasteiger partial charge in [-0.05, 0) is 38.1 Å². The van der Waals surface area contributed by atoms with E-state index >= 15 is 0 Å². The maximum atomic E-state index is 13.2. The van der Waals surface area contributed by atoms with Gasteiger partial charge in [-0.2, -0.15) is 0 Å². The highest BCUT2D eigenvalue weighted by Gasteiger charge is 2.25. The number of hydrogen-bond acceptors (Lipinski definition) is 3. The fourth-order valence-corrected chi connectivity index (χ4v) is 2.92. The average molecular weight is 334 g/mol. The van der Waals surface area contributed by atoms with Crippen LogP contribution in [0.3, 0.4) is 0 Å². The van der Waals surface area contributed by atoms with Crippen molar-refractivity contribution in [3.8, 4) is 0 Å². The Labute approximate surface area is 139 Å². The molecule has 0 saturated carbocycles. The van der Waals surface area contributed by atoms with Crippen LogP contribution in [0.15, 0.2) is 30.6 Å². The number of carbonyl (C=O) groups is 1. The number of aromatic nitrogens is 2. The van der Waals surface area contributed by atoms with E-state index in [1.807, 2.05) is 17.8 Å². The van der Waals surface area contributed by atoms with Crippen molar-refractivity contribution in [1.29, 1.82) is 0 Å². The van der Waals surface area contributed by atoms with E-state index in [1.165, 1.54) is 6.07 Å². The van der Waals surface area contributed by atoms with Crippen molar-refractivity contribution < 1.29 is 13.6 Å². The summed E-state index contributed by atoms with van der Waals surface area (Å²) in [4.78, 5) is 18.9. The molecule has 1 aliphatic rings. The summed E-state index contributed by atoms with van der Waals surface area (Å²) in [5.41, 5.74) is 0.286. The molecule has 2 aromatic rings. The minimum Gasteiger partial charge on any atom is -0.337 e. The average Bonchev–Trinajstić information content (AvgIpc) is 2.97. The summed E-state index contributed by atoms with van der Waals surface area (Å²) in [5.74, 6) is -1.14.